The second-order valence-corrected chi connectivity index (χ2v) is 4.45. The van der Waals surface area contributed by atoms with Crippen LogP contribution in [-0.2, 0) is 0 Å². The third-order valence-corrected chi connectivity index (χ3v) is 3.07. The first kappa shape index (κ1) is 13.6. The topological polar surface area (TPSA) is 83.1 Å². The Bertz CT molecular complexity index is 780. The molecule has 0 unspecified atom stereocenters. The number of benzene rings is 1. The lowest BCUT2D eigenvalue weighted by Gasteiger charge is -2.12. The Balaban J connectivity index is 2.67. The number of nitriles is 1. The summed E-state index contributed by atoms with van der Waals surface area (Å²) in [5.41, 5.74) is 1.70. The smallest absolute Gasteiger partial charge is 0.335 e. The Labute approximate surface area is 115 Å². The zero-order valence-electron chi connectivity index (χ0n) is 11.0. The van der Waals surface area contributed by atoms with Gasteiger partial charge < -0.3 is 5.11 Å². The summed E-state index contributed by atoms with van der Waals surface area (Å²) in [4.78, 5) is 23.1. The largest absolute Gasteiger partial charge is 0.478 e. The molecule has 1 aromatic heterocycles. The van der Waals surface area contributed by atoms with Crippen LogP contribution in [0.1, 0.15) is 27.2 Å². The molecule has 0 fully saturated rings. The summed E-state index contributed by atoms with van der Waals surface area (Å²) in [6.45, 7) is 3.48. The standard InChI is InChI=1S/C15H12N2O3/c1-9-7-10(2)17(14(18)13(9)8-16)12-5-3-11(4-6-12)15(19)20/h3-7H,1-2H3,(H,19,20). The molecule has 20 heavy (non-hydrogen) atoms. The number of carbonyl (C=O) groups is 1. The van der Waals surface area contributed by atoms with Crippen molar-refractivity contribution in [2.24, 2.45) is 0 Å². The highest BCUT2D eigenvalue weighted by Crippen LogP contribution is 2.13. The Kier molecular flexibility index (Phi) is 3.40. The Hall–Kier alpha value is -2.87. The van der Waals surface area contributed by atoms with Crippen molar-refractivity contribution in [2.75, 3.05) is 0 Å². The lowest BCUT2D eigenvalue weighted by Crippen LogP contribution is -2.24. The number of aryl methyl sites for hydroxylation is 2. The van der Waals surface area contributed by atoms with Crippen LogP contribution >= 0.6 is 0 Å². The van der Waals surface area contributed by atoms with E-state index in [0.29, 0.717) is 16.9 Å². The molecule has 2 aromatic rings. The fourth-order valence-corrected chi connectivity index (χ4v) is 2.10. The molecule has 0 radical (unpaired) electrons. The first-order valence-electron chi connectivity index (χ1n) is 5.92. The Morgan fingerprint density at radius 1 is 1.25 bits per heavy atom. The summed E-state index contributed by atoms with van der Waals surface area (Å²) >= 11 is 0. The maximum atomic E-state index is 12.3. The van der Waals surface area contributed by atoms with E-state index in [-0.39, 0.29) is 11.1 Å². The number of hydrogen-bond acceptors (Lipinski definition) is 3. The Morgan fingerprint density at radius 3 is 2.35 bits per heavy atom. The van der Waals surface area contributed by atoms with E-state index in [2.05, 4.69) is 0 Å². The minimum absolute atomic E-state index is 0.0953. The minimum Gasteiger partial charge on any atom is -0.478 e. The average molecular weight is 268 g/mol. The molecule has 5 nitrogen and oxygen atoms in total. The molecule has 1 N–H and O–H groups in total. The average Bonchev–Trinajstić information content (AvgIpc) is 2.39. The van der Waals surface area contributed by atoms with E-state index < -0.39 is 11.5 Å². The van der Waals surface area contributed by atoms with Gasteiger partial charge in [0, 0.05) is 11.4 Å². The van der Waals surface area contributed by atoms with Gasteiger partial charge in [-0.05, 0) is 49.7 Å². The van der Waals surface area contributed by atoms with Crippen LogP contribution in [-0.4, -0.2) is 15.6 Å². The van der Waals surface area contributed by atoms with Crippen LogP contribution in [0.3, 0.4) is 0 Å². The van der Waals surface area contributed by atoms with Crippen LogP contribution < -0.4 is 5.56 Å². The molecule has 2 rings (SSSR count). The van der Waals surface area contributed by atoms with E-state index in [1.807, 2.05) is 6.07 Å². The molecular weight excluding hydrogens is 256 g/mol. The number of hydrogen-bond donors (Lipinski definition) is 1. The first-order valence-corrected chi connectivity index (χ1v) is 5.92. The van der Waals surface area contributed by atoms with E-state index in [9.17, 15) is 9.59 Å². The molecule has 0 amide bonds. The molecule has 1 heterocycles. The minimum atomic E-state index is -1.03. The second kappa shape index (κ2) is 5.02. The van der Waals surface area contributed by atoms with Gasteiger partial charge in [0.05, 0.1) is 5.56 Å². The van der Waals surface area contributed by atoms with Crippen molar-refractivity contribution in [3.8, 4) is 11.8 Å². The third kappa shape index (κ3) is 2.19. The number of pyridine rings is 1. The highest BCUT2D eigenvalue weighted by Gasteiger charge is 2.12. The maximum Gasteiger partial charge on any atom is 0.335 e. The number of aromatic carboxylic acids is 1. The van der Waals surface area contributed by atoms with Gasteiger partial charge in [0.2, 0.25) is 0 Å². The fraction of sp³-hybridized carbons (Fsp3) is 0.133. The summed E-state index contributed by atoms with van der Waals surface area (Å²) in [5.74, 6) is -1.03. The van der Waals surface area contributed by atoms with Crippen LogP contribution in [0.25, 0.3) is 5.69 Å². The monoisotopic (exact) mass is 268 g/mol. The van der Waals surface area contributed by atoms with E-state index in [1.54, 1.807) is 32.0 Å². The molecular formula is C15H12N2O3. The summed E-state index contributed by atoms with van der Waals surface area (Å²) in [7, 11) is 0. The third-order valence-electron chi connectivity index (χ3n) is 3.07. The SMILES string of the molecule is Cc1cc(C)n(-c2ccc(C(=O)O)cc2)c(=O)c1C#N. The number of aromatic nitrogens is 1. The lowest BCUT2D eigenvalue weighted by atomic mass is 10.1. The second-order valence-electron chi connectivity index (χ2n) is 4.45. The fourth-order valence-electron chi connectivity index (χ4n) is 2.10. The van der Waals surface area contributed by atoms with Gasteiger partial charge in [0.25, 0.3) is 5.56 Å². The molecule has 0 saturated carbocycles. The first-order chi connectivity index (χ1) is 9.45. The Morgan fingerprint density at radius 2 is 1.85 bits per heavy atom. The van der Waals surface area contributed by atoms with Crippen molar-refractivity contribution < 1.29 is 9.90 Å². The van der Waals surface area contributed by atoms with Gasteiger partial charge in [-0.15, -0.1) is 0 Å². The van der Waals surface area contributed by atoms with E-state index in [1.165, 1.54) is 16.7 Å². The normalized spacial score (nSPS) is 10.1. The molecule has 0 aliphatic heterocycles. The van der Waals surface area contributed by atoms with Gasteiger partial charge in [0.1, 0.15) is 11.6 Å². The lowest BCUT2D eigenvalue weighted by molar-refractivity contribution is 0.0697. The van der Waals surface area contributed by atoms with Gasteiger partial charge in [-0.2, -0.15) is 5.26 Å². The summed E-state index contributed by atoms with van der Waals surface area (Å²) in [6, 6.07) is 9.61. The van der Waals surface area contributed by atoms with Crippen molar-refractivity contribution in [3.05, 3.63) is 63.1 Å². The van der Waals surface area contributed by atoms with Crippen LogP contribution in [0.4, 0.5) is 0 Å². The summed E-state index contributed by atoms with van der Waals surface area (Å²) < 4.78 is 1.40. The zero-order chi connectivity index (χ0) is 14.9. The molecule has 0 spiro atoms. The molecule has 0 saturated heterocycles. The van der Waals surface area contributed by atoms with Crippen LogP contribution in [0.5, 0.6) is 0 Å². The maximum absolute atomic E-state index is 12.3. The van der Waals surface area contributed by atoms with Crippen LogP contribution in [0, 0.1) is 25.2 Å². The summed E-state index contributed by atoms with van der Waals surface area (Å²) in [6.07, 6.45) is 0. The van der Waals surface area contributed by atoms with Gasteiger partial charge in [-0.25, -0.2) is 4.79 Å². The molecule has 0 aliphatic carbocycles. The quantitative estimate of drug-likeness (QED) is 0.903. The highest BCUT2D eigenvalue weighted by atomic mass is 16.4. The zero-order valence-corrected chi connectivity index (χ0v) is 11.0. The molecule has 0 atom stereocenters. The molecule has 5 heteroatoms. The van der Waals surface area contributed by atoms with E-state index in [0.717, 1.165) is 0 Å². The van der Waals surface area contributed by atoms with E-state index in [4.69, 9.17) is 10.4 Å². The predicted molar refractivity (Wildman–Crippen MR) is 73.2 cm³/mol. The van der Waals surface area contributed by atoms with Gasteiger partial charge >= 0.3 is 5.97 Å². The van der Waals surface area contributed by atoms with Crippen LogP contribution in [0.15, 0.2) is 35.1 Å². The predicted octanol–water partition coefficient (Wildman–Crippen LogP) is 2.02. The number of rotatable bonds is 2. The van der Waals surface area contributed by atoms with Gasteiger partial charge in [0.15, 0.2) is 0 Å². The number of carboxylic acids is 1. The van der Waals surface area contributed by atoms with E-state index >= 15 is 0 Å². The molecule has 1 aromatic carbocycles. The molecule has 0 aliphatic rings. The number of carboxylic acid groups (broad SMARTS) is 1. The van der Waals surface area contributed by atoms with Crippen molar-refractivity contribution in [1.29, 1.82) is 5.26 Å². The van der Waals surface area contributed by atoms with Crippen molar-refractivity contribution in [1.82, 2.24) is 4.57 Å². The molecule has 0 bridgehead atoms. The number of nitrogens with zero attached hydrogens (tertiary/aromatic N) is 2. The van der Waals surface area contributed by atoms with Crippen molar-refractivity contribution in [3.63, 3.8) is 0 Å². The van der Waals surface area contributed by atoms with Crippen LogP contribution in [0.2, 0.25) is 0 Å². The summed E-state index contributed by atoms with van der Waals surface area (Å²) in [5, 5.41) is 17.9. The molecule has 100 valence electrons. The van der Waals surface area contributed by atoms with Crippen molar-refractivity contribution >= 4 is 5.97 Å². The van der Waals surface area contributed by atoms with Crippen molar-refractivity contribution in [2.45, 2.75) is 13.8 Å². The highest BCUT2D eigenvalue weighted by molar-refractivity contribution is 5.87. The van der Waals surface area contributed by atoms with Gasteiger partial charge in [-0.1, -0.05) is 0 Å². The van der Waals surface area contributed by atoms with Gasteiger partial charge in [-0.3, -0.25) is 9.36 Å².